The standard InChI is InChI=1S/C16H16BrClFNO/c1-10(7-11-5-3-4-6-14(11)19)20-15-9-12(18)8-13(17)16(15)21-2/h3-6,8-10,20H,7H2,1-2H3. The van der Waals surface area contributed by atoms with Crippen LogP contribution in [-0.4, -0.2) is 13.2 Å². The minimum absolute atomic E-state index is 0.0289. The lowest BCUT2D eigenvalue weighted by Crippen LogP contribution is -2.19. The maximum atomic E-state index is 13.7. The second-order valence-electron chi connectivity index (χ2n) is 4.81. The second-order valence-corrected chi connectivity index (χ2v) is 6.10. The summed E-state index contributed by atoms with van der Waals surface area (Å²) in [5, 5.41) is 3.91. The van der Waals surface area contributed by atoms with Gasteiger partial charge in [-0.2, -0.15) is 0 Å². The van der Waals surface area contributed by atoms with Crippen molar-refractivity contribution in [2.24, 2.45) is 0 Å². The maximum absolute atomic E-state index is 13.7. The van der Waals surface area contributed by atoms with E-state index in [9.17, 15) is 4.39 Å². The first-order chi connectivity index (χ1) is 10.0. The van der Waals surface area contributed by atoms with Crippen molar-refractivity contribution in [3.8, 4) is 5.75 Å². The zero-order valence-electron chi connectivity index (χ0n) is 11.8. The predicted molar refractivity (Wildman–Crippen MR) is 88.9 cm³/mol. The van der Waals surface area contributed by atoms with Crippen LogP contribution in [0.15, 0.2) is 40.9 Å². The number of hydrogen-bond acceptors (Lipinski definition) is 2. The van der Waals surface area contributed by atoms with Crippen molar-refractivity contribution in [2.75, 3.05) is 12.4 Å². The molecule has 112 valence electrons. The maximum Gasteiger partial charge on any atom is 0.156 e. The van der Waals surface area contributed by atoms with Gasteiger partial charge < -0.3 is 10.1 Å². The van der Waals surface area contributed by atoms with Gasteiger partial charge in [-0.1, -0.05) is 29.8 Å². The summed E-state index contributed by atoms with van der Waals surface area (Å²) in [6, 6.07) is 10.4. The smallest absolute Gasteiger partial charge is 0.156 e. The summed E-state index contributed by atoms with van der Waals surface area (Å²) in [5.41, 5.74) is 1.46. The van der Waals surface area contributed by atoms with Gasteiger partial charge in [0, 0.05) is 11.1 Å². The Balaban J connectivity index is 2.16. The van der Waals surface area contributed by atoms with Gasteiger partial charge in [0.25, 0.3) is 0 Å². The molecular weight excluding hydrogens is 357 g/mol. The van der Waals surface area contributed by atoms with Crippen LogP contribution in [-0.2, 0) is 6.42 Å². The normalized spacial score (nSPS) is 12.0. The van der Waals surface area contributed by atoms with E-state index in [1.807, 2.05) is 13.0 Å². The highest BCUT2D eigenvalue weighted by Crippen LogP contribution is 2.36. The Labute approximate surface area is 137 Å². The molecule has 2 nitrogen and oxygen atoms in total. The van der Waals surface area contributed by atoms with Crippen molar-refractivity contribution >= 4 is 33.2 Å². The van der Waals surface area contributed by atoms with Crippen molar-refractivity contribution in [3.63, 3.8) is 0 Å². The SMILES string of the molecule is COc1c(Br)cc(Cl)cc1NC(C)Cc1ccccc1F. The Morgan fingerprint density at radius 1 is 1.33 bits per heavy atom. The quantitative estimate of drug-likeness (QED) is 0.769. The highest BCUT2D eigenvalue weighted by atomic mass is 79.9. The van der Waals surface area contributed by atoms with E-state index in [0.29, 0.717) is 22.8 Å². The fourth-order valence-corrected chi connectivity index (χ4v) is 3.16. The minimum Gasteiger partial charge on any atom is -0.493 e. The number of ether oxygens (including phenoxy) is 1. The molecular formula is C16H16BrClFNO. The van der Waals surface area contributed by atoms with E-state index >= 15 is 0 Å². The van der Waals surface area contributed by atoms with E-state index in [2.05, 4.69) is 21.2 Å². The molecule has 0 aliphatic rings. The van der Waals surface area contributed by atoms with E-state index in [0.717, 1.165) is 10.2 Å². The molecule has 0 amide bonds. The lowest BCUT2D eigenvalue weighted by atomic mass is 10.1. The number of benzene rings is 2. The molecule has 0 aliphatic heterocycles. The summed E-state index contributed by atoms with van der Waals surface area (Å²) in [5.74, 6) is 0.491. The molecule has 2 aromatic carbocycles. The average Bonchev–Trinajstić information content (AvgIpc) is 2.41. The van der Waals surface area contributed by atoms with E-state index < -0.39 is 0 Å². The van der Waals surface area contributed by atoms with Crippen molar-refractivity contribution in [1.82, 2.24) is 0 Å². The Kier molecular flexibility index (Phi) is 5.48. The average molecular weight is 373 g/mol. The monoisotopic (exact) mass is 371 g/mol. The van der Waals surface area contributed by atoms with Crippen LogP contribution < -0.4 is 10.1 Å². The first kappa shape index (κ1) is 16.1. The first-order valence-corrected chi connectivity index (χ1v) is 7.71. The Hall–Kier alpha value is -1.26. The van der Waals surface area contributed by atoms with Gasteiger partial charge in [-0.15, -0.1) is 0 Å². The van der Waals surface area contributed by atoms with Gasteiger partial charge in [0.1, 0.15) is 5.82 Å². The summed E-state index contributed by atoms with van der Waals surface area (Å²) in [6.45, 7) is 1.99. The number of rotatable bonds is 5. The number of nitrogens with one attached hydrogen (secondary N) is 1. The molecule has 1 N–H and O–H groups in total. The highest BCUT2D eigenvalue weighted by Gasteiger charge is 2.13. The predicted octanol–water partition coefficient (Wildman–Crippen LogP) is 5.29. The molecule has 5 heteroatoms. The molecule has 0 fully saturated rings. The molecule has 0 heterocycles. The lowest BCUT2D eigenvalue weighted by Gasteiger charge is -2.19. The molecule has 2 aromatic rings. The summed E-state index contributed by atoms with van der Waals surface area (Å²) < 4.78 is 19.8. The molecule has 1 atom stereocenters. The molecule has 1 unspecified atom stereocenters. The lowest BCUT2D eigenvalue weighted by molar-refractivity contribution is 0.413. The van der Waals surface area contributed by atoms with Crippen molar-refractivity contribution in [2.45, 2.75) is 19.4 Å². The van der Waals surface area contributed by atoms with Crippen LogP contribution in [0.3, 0.4) is 0 Å². The molecule has 0 radical (unpaired) electrons. The first-order valence-electron chi connectivity index (χ1n) is 6.54. The van der Waals surface area contributed by atoms with Gasteiger partial charge in [-0.25, -0.2) is 4.39 Å². The van der Waals surface area contributed by atoms with E-state index in [1.165, 1.54) is 6.07 Å². The van der Waals surface area contributed by atoms with Crippen LogP contribution in [0.5, 0.6) is 5.75 Å². The molecule has 0 bridgehead atoms. The molecule has 2 rings (SSSR count). The van der Waals surface area contributed by atoms with Crippen LogP contribution in [0.2, 0.25) is 5.02 Å². The van der Waals surface area contributed by atoms with Gasteiger partial charge in [-0.05, 0) is 53.0 Å². The Morgan fingerprint density at radius 3 is 2.71 bits per heavy atom. The summed E-state index contributed by atoms with van der Waals surface area (Å²) >= 11 is 9.48. The third-order valence-electron chi connectivity index (χ3n) is 3.10. The van der Waals surface area contributed by atoms with Gasteiger partial charge in [0.2, 0.25) is 0 Å². The van der Waals surface area contributed by atoms with Crippen LogP contribution in [0.25, 0.3) is 0 Å². The van der Waals surface area contributed by atoms with Crippen LogP contribution in [0.1, 0.15) is 12.5 Å². The summed E-state index contributed by atoms with van der Waals surface area (Å²) in [7, 11) is 1.60. The van der Waals surface area contributed by atoms with E-state index in [4.69, 9.17) is 16.3 Å². The molecule has 0 spiro atoms. The zero-order chi connectivity index (χ0) is 15.4. The van der Waals surface area contributed by atoms with Gasteiger partial charge >= 0.3 is 0 Å². The van der Waals surface area contributed by atoms with Crippen molar-refractivity contribution in [1.29, 1.82) is 0 Å². The molecule has 0 aliphatic carbocycles. The fourth-order valence-electron chi connectivity index (χ4n) is 2.19. The number of anilines is 1. The molecule has 0 aromatic heterocycles. The second kappa shape index (κ2) is 7.14. The van der Waals surface area contributed by atoms with Gasteiger partial charge in [0.05, 0.1) is 17.3 Å². The van der Waals surface area contributed by atoms with E-state index in [-0.39, 0.29) is 11.9 Å². The third-order valence-corrected chi connectivity index (χ3v) is 3.91. The third kappa shape index (κ3) is 4.11. The Bertz CT molecular complexity index is 636. The molecule has 21 heavy (non-hydrogen) atoms. The summed E-state index contributed by atoms with van der Waals surface area (Å²) in [4.78, 5) is 0. The number of methoxy groups -OCH3 is 1. The van der Waals surface area contributed by atoms with Gasteiger partial charge in [-0.3, -0.25) is 0 Å². The van der Waals surface area contributed by atoms with Crippen LogP contribution in [0.4, 0.5) is 10.1 Å². The largest absolute Gasteiger partial charge is 0.493 e. The van der Waals surface area contributed by atoms with Crippen LogP contribution >= 0.6 is 27.5 Å². The molecule has 0 saturated heterocycles. The number of hydrogen-bond donors (Lipinski definition) is 1. The highest BCUT2D eigenvalue weighted by molar-refractivity contribution is 9.10. The zero-order valence-corrected chi connectivity index (χ0v) is 14.1. The topological polar surface area (TPSA) is 21.3 Å². The van der Waals surface area contributed by atoms with Crippen molar-refractivity contribution in [3.05, 3.63) is 57.3 Å². The van der Waals surface area contributed by atoms with E-state index in [1.54, 1.807) is 31.4 Å². The van der Waals surface area contributed by atoms with Crippen LogP contribution in [0, 0.1) is 5.82 Å². The number of halogens is 3. The molecule has 0 saturated carbocycles. The minimum atomic E-state index is -0.189. The van der Waals surface area contributed by atoms with Crippen molar-refractivity contribution < 1.29 is 9.13 Å². The Morgan fingerprint density at radius 2 is 2.05 bits per heavy atom. The van der Waals surface area contributed by atoms with Gasteiger partial charge in [0.15, 0.2) is 5.75 Å². The summed E-state index contributed by atoms with van der Waals surface area (Å²) in [6.07, 6.45) is 0.569. The fraction of sp³-hybridized carbons (Fsp3) is 0.250.